The lowest BCUT2D eigenvalue weighted by molar-refractivity contribution is 0.0765. The molecule has 0 aliphatic rings. The number of hydrogen-bond donors (Lipinski definition) is 0. The van der Waals surface area contributed by atoms with E-state index in [1.54, 1.807) is 35.5 Å². The van der Waals surface area contributed by atoms with Gasteiger partial charge in [0.05, 0.1) is 23.6 Å². The van der Waals surface area contributed by atoms with Crippen molar-refractivity contribution in [2.75, 3.05) is 13.1 Å². The van der Waals surface area contributed by atoms with Crippen molar-refractivity contribution in [3.63, 3.8) is 0 Å². The van der Waals surface area contributed by atoms with Gasteiger partial charge in [0.2, 0.25) is 0 Å². The number of likely N-dealkylation sites (N-methyl/N-ethyl adjacent to an activating group) is 1. The van der Waals surface area contributed by atoms with Crippen molar-refractivity contribution in [1.29, 1.82) is 0 Å². The predicted octanol–water partition coefficient (Wildman–Crippen LogP) is 3.30. The van der Waals surface area contributed by atoms with Gasteiger partial charge in [-0.3, -0.25) is 4.79 Å². The van der Waals surface area contributed by atoms with Crippen LogP contribution in [0.5, 0.6) is 0 Å². The minimum atomic E-state index is -0.995. The molecule has 0 aliphatic carbocycles. The fourth-order valence-corrected chi connectivity index (χ4v) is 3.08. The van der Waals surface area contributed by atoms with Crippen LogP contribution in [0.1, 0.15) is 23.1 Å². The molecular formula is C21H18F2N6O2. The molecule has 4 aromatic rings. The third-order valence-corrected chi connectivity index (χ3v) is 4.68. The Morgan fingerprint density at radius 1 is 1.10 bits per heavy atom. The molecule has 1 amide bonds. The maximum Gasteiger partial charge on any atom is 0.258 e. The zero-order valence-electron chi connectivity index (χ0n) is 16.6. The molecule has 158 valence electrons. The van der Waals surface area contributed by atoms with Crippen LogP contribution in [0.4, 0.5) is 8.78 Å². The molecule has 31 heavy (non-hydrogen) atoms. The van der Waals surface area contributed by atoms with Crippen molar-refractivity contribution in [3.8, 4) is 17.1 Å². The van der Waals surface area contributed by atoms with Gasteiger partial charge in [-0.25, -0.2) is 8.78 Å². The van der Waals surface area contributed by atoms with Crippen molar-refractivity contribution in [2.24, 2.45) is 0 Å². The van der Waals surface area contributed by atoms with Gasteiger partial charge >= 0.3 is 0 Å². The van der Waals surface area contributed by atoms with E-state index in [9.17, 15) is 13.6 Å². The molecule has 0 bridgehead atoms. The zero-order valence-corrected chi connectivity index (χ0v) is 16.6. The Balaban J connectivity index is 1.48. The third-order valence-electron chi connectivity index (χ3n) is 4.68. The van der Waals surface area contributed by atoms with Crippen molar-refractivity contribution in [3.05, 3.63) is 77.9 Å². The lowest BCUT2D eigenvalue weighted by Gasteiger charge is -2.21. The molecule has 0 radical (unpaired) electrons. The van der Waals surface area contributed by atoms with Crippen molar-refractivity contribution >= 4 is 5.91 Å². The Kier molecular flexibility index (Phi) is 5.78. The van der Waals surface area contributed by atoms with Gasteiger partial charge in [0.1, 0.15) is 0 Å². The molecule has 2 heterocycles. The van der Waals surface area contributed by atoms with Gasteiger partial charge in [-0.2, -0.15) is 20.0 Å². The molecule has 0 atom stereocenters. The van der Waals surface area contributed by atoms with E-state index in [-0.39, 0.29) is 17.4 Å². The summed E-state index contributed by atoms with van der Waals surface area (Å²) in [6.07, 6.45) is 3.41. The molecule has 0 fully saturated rings. The Morgan fingerprint density at radius 3 is 2.61 bits per heavy atom. The minimum absolute atomic E-state index is 0.0818. The van der Waals surface area contributed by atoms with Crippen molar-refractivity contribution in [1.82, 2.24) is 30.0 Å². The standard InChI is InChI=1S/C21H18F2N6O2/c1-2-28(21(30)15-5-3-4-6-18(15)29-24-10-11-25-29)12-9-19-26-20(31-27-19)14-7-8-16(22)17(23)13-14/h3-8,10-11,13H,2,9,12H2,1H3. The highest BCUT2D eigenvalue weighted by molar-refractivity contribution is 5.97. The second-order valence-electron chi connectivity index (χ2n) is 6.62. The van der Waals surface area contributed by atoms with E-state index in [2.05, 4.69) is 20.3 Å². The van der Waals surface area contributed by atoms with Gasteiger partial charge in [0, 0.05) is 25.1 Å². The second-order valence-corrected chi connectivity index (χ2v) is 6.62. The summed E-state index contributed by atoms with van der Waals surface area (Å²) in [5.41, 5.74) is 1.33. The van der Waals surface area contributed by atoms with Crippen LogP contribution in [0.2, 0.25) is 0 Å². The molecule has 8 nitrogen and oxygen atoms in total. The molecule has 0 saturated heterocycles. The lowest BCUT2D eigenvalue weighted by atomic mass is 10.1. The highest BCUT2D eigenvalue weighted by Crippen LogP contribution is 2.20. The number of aromatic nitrogens is 5. The number of carbonyl (C=O) groups excluding carboxylic acids is 1. The maximum absolute atomic E-state index is 13.4. The van der Waals surface area contributed by atoms with Gasteiger partial charge in [-0.05, 0) is 37.3 Å². The smallest absolute Gasteiger partial charge is 0.258 e. The first-order valence-corrected chi connectivity index (χ1v) is 9.60. The monoisotopic (exact) mass is 424 g/mol. The lowest BCUT2D eigenvalue weighted by Crippen LogP contribution is -2.33. The average molecular weight is 424 g/mol. The summed E-state index contributed by atoms with van der Waals surface area (Å²) >= 11 is 0. The third kappa shape index (κ3) is 4.32. The first-order valence-electron chi connectivity index (χ1n) is 9.60. The van der Waals surface area contributed by atoms with Gasteiger partial charge in [0.25, 0.3) is 11.8 Å². The van der Waals surface area contributed by atoms with Crippen LogP contribution in [-0.2, 0) is 6.42 Å². The summed E-state index contributed by atoms with van der Waals surface area (Å²) in [5, 5.41) is 12.1. The number of benzene rings is 2. The van der Waals surface area contributed by atoms with E-state index >= 15 is 0 Å². The summed E-state index contributed by atoms with van der Waals surface area (Å²) < 4.78 is 31.7. The number of halogens is 2. The first-order chi connectivity index (χ1) is 15.1. The van der Waals surface area contributed by atoms with E-state index in [4.69, 9.17) is 4.52 Å². The van der Waals surface area contributed by atoms with Crippen LogP contribution in [0.3, 0.4) is 0 Å². The Bertz CT molecular complexity index is 1190. The molecule has 10 heteroatoms. The van der Waals surface area contributed by atoms with E-state index in [1.165, 1.54) is 10.9 Å². The van der Waals surface area contributed by atoms with E-state index in [1.807, 2.05) is 13.0 Å². The second kappa shape index (κ2) is 8.82. The number of para-hydroxylation sites is 1. The fraction of sp³-hybridized carbons (Fsp3) is 0.190. The zero-order chi connectivity index (χ0) is 21.8. The average Bonchev–Trinajstić information content (AvgIpc) is 3.48. The van der Waals surface area contributed by atoms with Crippen LogP contribution in [0.15, 0.2) is 59.4 Å². The highest BCUT2D eigenvalue weighted by Gasteiger charge is 2.20. The number of carbonyl (C=O) groups is 1. The molecule has 0 saturated carbocycles. The molecule has 2 aromatic carbocycles. The van der Waals surface area contributed by atoms with Gasteiger partial charge in [0.15, 0.2) is 17.5 Å². The van der Waals surface area contributed by atoms with Crippen LogP contribution < -0.4 is 0 Å². The van der Waals surface area contributed by atoms with Crippen molar-refractivity contribution in [2.45, 2.75) is 13.3 Å². The van der Waals surface area contributed by atoms with E-state index in [0.29, 0.717) is 36.6 Å². The number of nitrogens with zero attached hydrogens (tertiary/aromatic N) is 6. The van der Waals surface area contributed by atoms with Crippen LogP contribution in [-0.4, -0.2) is 49.0 Å². The number of hydrogen-bond acceptors (Lipinski definition) is 6. The summed E-state index contributed by atoms with van der Waals surface area (Å²) in [7, 11) is 0. The van der Waals surface area contributed by atoms with E-state index < -0.39 is 11.6 Å². The summed E-state index contributed by atoms with van der Waals surface area (Å²) in [6, 6.07) is 10.4. The van der Waals surface area contributed by atoms with Crippen LogP contribution in [0.25, 0.3) is 17.1 Å². The molecule has 0 unspecified atom stereocenters. The molecule has 0 spiro atoms. The van der Waals surface area contributed by atoms with Crippen molar-refractivity contribution < 1.29 is 18.1 Å². The SMILES string of the molecule is CCN(CCc1noc(-c2ccc(F)c(F)c2)n1)C(=O)c1ccccc1-n1nccn1. The van der Waals surface area contributed by atoms with Gasteiger partial charge in [-0.15, -0.1) is 0 Å². The Hall–Kier alpha value is -3.95. The highest BCUT2D eigenvalue weighted by atomic mass is 19.2. The van der Waals surface area contributed by atoms with Gasteiger partial charge in [-0.1, -0.05) is 17.3 Å². The van der Waals surface area contributed by atoms with Gasteiger partial charge < -0.3 is 9.42 Å². The molecule has 0 N–H and O–H groups in total. The summed E-state index contributed by atoms with van der Waals surface area (Å²) in [4.78, 5) is 20.4. The normalized spacial score (nSPS) is 10.9. The van der Waals surface area contributed by atoms with Crippen LogP contribution >= 0.6 is 0 Å². The first kappa shape index (κ1) is 20.3. The minimum Gasteiger partial charge on any atom is -0.338 e. The molecule has 0 aliphatic heterocycles. The largest absolute Gasteiger partial charge is 0.338 e. The van der Waals surface area contributed by atoms with Crippen LogP contribution in [0, 0.1) is 11.6 Å². The number of amides is 1. The quantitative estimate of drug-likeness (QED) is 0.452. The Labute approximate surface area is 176 Å². The maximum atomic E-state index is 13.4. The van der Waals surface area contributed by atoms with E-state index in [0.717, 1.165) is 12.1 Å². The molecule has 4 rings (SSSR count). The molecule has 2 aromatic heterocycles. The summed E-state index contributed by atoms with van der Waals surface area (Å²) in [6.45, 7) is 2.68. The topological polar surface area (TPSA) is 89.9 Å². The molecular weight excluding hydrogens is 406 g/mol. The Morgan fingerprint density at radius 2 is 1.87 bits per heavy atom. The predicted molar refractivity (Wildman–Crippen MR) is 106 cm³/mol. The number of rotatable bonds is 7. The summed E-state index contributed by atoms with van der Waals surface area (Å²) in [5.74, 6) is -1.69. The fourth-order valence-electron chi connectivity index (χ4n) is 3.08.